The minimum atomic E-state index is -0.258. The summed E-state index contributed by atoms with van der Waals surface area (Å²) in [6.07, 6.45) is 1.74. The molecule has 2 N–H and O–H groups in total. The highest BCUT2D eigenvalue weighted by molar-refractivity contribution is 5.88. The van der Waals surface area contributed by atoms with Crippen molar-refractivity contribution in [3.8, 4) is 0 Å². The van der Waals surface area contributed by atoms with Gasteiger partial charge in [0.15, 0.2) is 0 Å². The fraction of sp³-hybridized carbons (Fsp3) is 0.438. The van der Waals surface area contributed by atoms with Crippen LogP contribution < -0.4 is 10.6 Å². The maximum absolute atomic E-state index is 12.0. The smallest absolute Gasteiger partial charge is 0.320 e. The van der Waals surface area contributed by atoms with Crippen molar-refractivity contribution >= 4 is 11.8 Å². The molecule has 0 radical (unpaired) electrons. The molecule has 118 valence electrons. The van der Waals surface area contributed by atoms with Crippen molar-refractivity contribution in [3.63, 3.8) is 0 Å². The molecule has 2 amide bonds. The molecule has 0 aliphatic carbocycles. The summed E-state index contributed by atoms with van der Waals surface area (Å²) >= 11 is 0. The van der Waals surface area contributed by atoms with Crippen LogP contribution in [0.25, 0.3) is 0 Å². The second-order valence-electron chi connectivity index (χ2n) is 5.17. The van der Waals surface area contributed by atoms with Crippen molar-refractivity contribution in [2.45, 2.75) is 40.2 Å². The predicted octanol–water partition coefficient (Wildman–Crippen LogP) is 2.57. The summed E-state index contributed by atoms with van der Waals surface area (Å²) in [5.41, 5.74) is 4.17. The first-order chi connectivity index (χ1) is 10.5. The van der Waals surface area contributed by atoms with Crippen LogP contribution in [0.15, 0.2) is 18.2 Å². The predicted molar refractivity (Wildman–Crippen MR) is 86.8 cm³/mol. The third kappa shape index (κ3) is 3.63. The van der Waals surface area contributed by atoms with E-state index >= 15 is 0 Å². The van der Waals surface area contributed by atoms with E-state index in [2.05, 4.69) is 34.6 Å². The number of nitrogens with zero attached hydrogens (tertiary/aromatic N) is 3. The lowest BCUT2D eigenvalue weighted by Crippen LogP contribution is -2.29. The number of hydrogen-bond donors (Lipinski definition) is 2. The monoisotopic (exact) mass is 301 g/mol. The minimum Gasteiger partial charge on any atom is -0.334 e. The van der Waals surface area contributed by atoms with Gasteiger partial charge in [-0.2, -0.15) is 5.10 Å². The first-order valence-corrected chi connectivity index (χ1v) is 7.57. The Hall–Kier alpha value is -2.37. The van der Waals surface area contributed by atoms with Gasteiger partial charge in [0, 0.05) is 30.5 Å². The molecule has 0 spiro atoms. The van der Waals surface area contributed by atoms with Crippen LogP contribution in [0.4, 0.5) is 10.6 Å². The normalized spacial score (nSPS) is 10.5. The number of aryl methyl sites for hydroxylation is 3. The van der Waals surface area contributed by atoms with Crippen molar-refractivity contribution in [1.82, 2.24) is 20.1 Å². The third-order valence-corrected chi connectivity index (χ3v) is 3.58. The number of anilines is 1. The fourth-order valence-corrected chi connectivity index (χ4v) is 2.54. The van der Waals surface area contributed by atoms with Crippen molar-refractivity contribution < 1.29 is 4.79 Å². The molecular weight excluding hydrogens is 278 g/mol. The summed E-state index contributed by atoms with van der Waals surface area (Å²) in [5.74, 6) is 0.551. The molecule has 2 heterocycles. The highest BCUT2D eigenvalue weighted by Gasteiger charge is 2.14. The fourth-order valence-electron chi connectivity index (χ4n) is 2.54. The molecule has 2 aromatic heterocycles. The molecule has 0 saturated heterocycles. The Morgan fingerprint density at radius 1 is 1.27 bits per heavy atom. The Kier molecular flexibility index (Phi) is 5.14. The Morgan fingerprint density at radius 3 is 2.68 bits per heavy atom. The molecule has 0 aliphatic heterocycles. The number of rotatable bonds is 5. The van der Waals surface area contributed by atoms with Gasteiger partial charge in [-0.25, -0.2) is 9.78 Å². The minimum absolute atomic E-state index is 0.258. The summed E-state index contributed by atoms with van der Waals surface area (Å²) in [6.45, 7) is 6.52. The van der Waals surface area contributed by atoms with Gasteiger partial charge in [-0.05, 0) is 31.9 Å². The van der Waals surface area contributed by atoms with Gasteiger partial charge in [0.2, 0.25) is 0 Å². The first kappa shape index (κ1) is 16.0. The van der Waals surface area contributed by atoms with Gasteiger partial charge < -0.3 is 5.32 Å². The van der Waals surface area contributed by atoms with Crippen LogP contribution in [0.1, 0.15) is 36.5 Å². The Bertz CT molecular complexity index is 663. The van der Waals surface area contributed by atoms with Crippen LogP contribution in [-0.2, 0) is 26.4 Å². The van der Waals surface area contributed by atoms with Gasteiger partial charge in [-0.15, -0.1) is 0 Å². The van der Waals surface area contributed by atoms with Crippen LogP contribution in [0, 0.1) is 6.92 Å². The molecular formula is C16H23N5O. The Balaban J connectivity index is 2.02. The summed E-state index contributed by atoms with van der Waals surface area (Å²) in [6, 6.07) is 5.26. The zero-order chi connectivity index (χ0) is 16.1. The molecule has 0 aliphatic rings. The highest BCUT2D eigenvalue weighted by atomic mass is 16.2. The number of carbonyl (C=O) groups is 1. The molecule has 22 heavy (non-hydrogen) atoms. The highest BCUT2D eigenvalue weighted by Crippen LogP contribution is 2.15. The molecule has 0 unspecified atom stereocenters. The van der Waals surface area contributed by atoms with Gasteiger partial charge in [0.05, 0.1) is 5.69 Å². The topological polar surface area (TPSA) is 71.8 Å². The molecule has 6 nitrogen and oxygen atoms in total. The largest absolute Gasteiger partial charge is 0.334 e. The van der Waals surface area contributed by atoms with Crippen molar-refractivity contribution in [1.29, 1.82) is 0 Å². The van der Waals surface area contributed by atoms with E-state index in [-0.39, 0.29) is 6.03 Å². The lowest BCUT2D eigenvalue weighted by molar-refractivity contribution is 0.251. The average Bonchev–Trinajstić information content (AvgIpc) is 2.80. The average molecular weight is 301 g/mol. The number of amides is 2. The molecule has 6 heteroatoms. The first-order valence-electron chi connectivity index (χ1n) is 7.57. The van der Waals surface area contributed by atoms with Gasteiger partial charge in [-0.1, -0.05) is 19.9 Å². The van der Waals surface area contributed by atoms with E-state index in [4.69, 9.17) is 0 Å². The summed E-state index contributed by atoms with van der Waals surface area (Å²) in [4.78, 5) is 16.3. The van der Waals surface area contributed by atoms with E-state index in [9.17, 15) is 4.79 Å². The number of nitrogens with one attached hydrogen (secondary N) is 2. The van der Waals surface area contributed by atoms with E-state index in [1.165, 1.54) is 0 Å². The number of pyridine rings is 1. The zero-order valence-electron chi connectivity index (χ0n) is 13.6. The molecule has 0 aromatic carbocycles. The van der Waals surface area contributed by atoms with E-state index in [1.54, 1.807) is 6.07 Å². The second-order valence-corrected chi connectivity index (χ2v) is 5.17. The van der Waals surface area contributed by atoms with E-state index in [1.807, 2.05) is 30.8 Å². The molecule has 0 bridgehead atoms. The van der Waals surface area contributed by atoms with Crippen molar-refractivity contribution in [2.75, 3.05) is 5.32 Å². The lowest BCUT2D eigenvalue weighted by atomic mass is 10.1. The Morgan fingerprint density at radius 2 is 2.05 bits per heavy atom. The van der Waals surface area contributed by atoms with Crippen LogP contribution in [-0.4, -0.2) is 20.8 Å². The molecule has 0 saturated carbocycles. The standard InChI is InChI=1S/C16H23N5O/c1-5-13-12(14(6-2)21(4)20-13)10-17-16(22)19-15-9-7-8-11(3)18-15/h7-9H,5-6,10H2,1-4H3,(H2,17,18,19,22). The Labute approximate surface area is 130 Å². The van der Waals surface area contributed by atoms with Crippen LogP contribution in [0.3, 0.4) is 0 Å². The molecule has 0 atom stereocenters. The van der Waals surface area contributed by atoms with Crippen molar-refractivity contribution in [3.05, 3.63) is 40.8 Å². The van der Waals surface area contributed by atoms with Gasteiger partial charge in [-0.3, -0.25) is 10.00 Å². The zero-order valence-corrected chi connectivity index (χ0v) is 13.6. The molecule has 2 rings (SSSR count). The van der Waals surface area contributed by atoms with Crippen LogP contribution in [0.5, 0.6) is 0 Å². The van der Waals surface area contributed by atoms with E-state index in [0.29, 0.717) is 12.4 Å². The van der Waals surface area contributed by atoms with Gasteiger partial charge in [0.25, 0.3) is 0 Å². The number of aromatic nitrogens is 3. The van der Waals surface area contributed by atoms with E-state index < -0.39 is 0 Å². The quantitative estimate of drug-likeness (QED) is 0.891. The van der Waals surface area contributed by atoms with Crippen molar-refractivity contribution in [2.24, 2.45) is 7.05 Å². The molecule has 0 fully saturated rings. The summed E-state index contributed by atoms with van der Waals surface area (Å²) < 4.78 is 1.90. The molecule has 2 aromatic rings. The maximum Gasteiger partial charge on any atom is 0.320 e. The second kappa shape index (κ2) is 7.06. The summed E-state index contributed by atoms with van der Waals surface area (Å²) in [5, 5.41) is 10.1. The lowest BCUT2D eigenvalue weighted by Gasteiger charge is -2.09. The number of carbonyl (C=O) groups excluding carboxylic acids is 1. The number of hydrogen-bond acceptors (Lipinski definition) is 3. The van der Waals surface area contributed by atoms with Crippen LogP contribution in [0.2, 0.25) is 0 Å². The maximum atomic E-state index is 12.0. The van der Waals surface area contributed by atoms with E-state index in [0.717, 1.165) is 35.5 Å². The SMILES string of the molecule is CCc1nn(C)c(CC)c1CNC(=O)Nc1cccc(C)n1. The van der Waals surface area contributed by atoms with Gasteiger partial charge in [0.1, 0.15) is 5.82 Å². The number of urea groups is 1. The third-order valence-electron chi connectivity index (χ3n) is 3.58. The summed E-state index contributed by atoms with van der Waals surface area (Å²) in [7, 11) is 1.94. The van der Waals surface area contributed by atoms with Gasteiger partial charge >= 0.3 is 6.03 Å². The van der Waals surface area contributed by atoms with Crippen LogP contribution >= 0.6 is 0 Å².